The molecule has 1 aliphatic heterocycles. The zero-order chi connectivity index (χ0) is 28.0. The van der Waals surface area contributed by atoms with Gasteiger partial charge >= 0.3 is 6.18 Å². The third-order valence-corrected chi connectivity index (χ3v) is 5.03. The number of H-pyrrole nitrogens is 1. The number of carbonyl (C=O) groups excluding carboxylic acids is 2. The molecule has 0 spiro atoms. The molecule has 2 heterocycles. The summed E-state index contributed by atoms with van der Waals surface area (Å²) < 4.78 is 43.7. The first-order valence-electron chi connectivity index (χ1n) is 11.9. The molecule has 4 N–H and O–H groups in total. The highest BCUT2D eigenvalue weighted by Crippen LogP contribution is 2.35. The summed E-state index contributed by atoms with van der Waals surface area (Å²) in [6, 6.07) is 14.8. The minimum Gasteiger partial charge on any atom is -0.379 e. The monoisotopic (exact) mass is 533 g/mol. The van der Waals surface area contributed by atoms with Crippen LogP contribution in [0.2, 0.25) is 0 Å². The van der Waals surface area contributed by atoms with Crippen molar-refractivity contribution in [2.24, 2.45) is 0 Å². The van der Waals surface area contributed by atoms with E-state index < -0.39 is 11.7 Å². The number of anilines is 2. The number of carbonyl (C=O) groups is 2. The minimum absolute atomic E-state index is 0.00349. The molecule has 4 rings (SSSR count). The van der Waals surface area contributed by atoms with E-state index >= 15 is 0 Å². The van der Waals surface area contributed by atoms with Gasteiger partial charge in [0.15, 0.2) is 0 Å². The molecule has 1 aromatic heterocycles. The zero-order valence-electron chi connectivity index (χ0n) is 21.0. The number of nitrogens with one attached hydrogen (secondary N) is 4. The Balaban J connectivity index is 0.000000262. The van der Waals surface area contributed by atoms with Gasteiger partial charge in [-0.15, -0.1) is 0 Å². The van der Waals surface area contributed by atoms with Crippen LogP contribution >= 0.6 is 0 Å². The molecule has 38 heavy (non-hydrogen) atoms. The standard InChI is InChI=1S/C15H13F3N2O.C9H11N3O3.C2H6/c16-15(17,18)13-3-1-2-4-14(13)20-12-7-5-11(6-8-12)9-19-10-21;13-8-2-1-7(11-12-8)9(14)10-6-3-4-15-5-6;1-2/h1-8,10,20H,9H2,(H,19,21);1-2,6H,3-5H2,(H,10,14)(H,12,13);1-2H3. The Morgan fingerprint density at radius 2 is 1.82 bits per heavy atom. The van der Waals surface area contributed by atoms with Crippen molar-refractivity contribution in [1.29, 1.82) is 0 Å². The van der Waals surface area contributed by atoms with Gasteiger partial charge in [-0.2, -0.15) is 18.3 Å². The molecule has 1 unspecified atom stereocenters. The molecule has 9 nitrogen and oxygen atoms in total. The number of hydrogen-bond donors (Lipinski definition) is 4. The topological polar surface area (TPSA) is 125 Å². The Kier molecular flexibility index (Phi) is 12.0. The van der Waals surface area contributed by atoms with Gasteiger partial charge in [0.2, 0.25) is 6.41 Å². The second kappa shape index (κ2) is 15.2. The number of hydrogen-bond acceptors (Lipinski definition) is 6. The lowest BCUT2D eigenvalue weighted by atomic mass is 10.1. The summed E-state index contributed by atoms with van der Waals surface area (Å²) in [5, 5.41) is 13.9. The molecule has 1 fully saturated rings. The van der Waals surface area contributed by atoms with Crippen molar-refractivity contribution >= 4 is 23.7 Å². The number of rotatable bonds is 7. The number of benzene rings is 2. The Morgan fingerprint density at radius 3 is 2.39 bits per heavy atom. The fourth-order valence-corrected chi connectivity index (χ4v) is 3.24. The van der Waals surface area contributed by atoms with Gasteiger partial charge in [0.05, 0.1) is 23.9 Å². The van der Waals surface area contributed by atoms with Crippen LogP contribution in [0.15, 0.2) is 65.5 Å². The number of ether oxygens (including phenoxy) is 1. The average molecular weight is 534 g/mol. The van der Waals surface area contributed by atoms with Gasteiger partial charge in [-0.1, -0.05) is 38.1 Å². The smallest absolute Gasteiger partial charge is 0.379 e. The average Bonchev–Trinajstić information content (AvgIpc) is 3.43. The van der Waals surface area contributed by atoms with Gasteiger partial charge in [-0.05, 0) is 42.3 Å². The van der Waals surface area contributed by atoms with Crippen molar-refractivity contribution in [2.45, 2.75) is 39.0 Å². The summed E-state index contributed by atoms with van der Waals surface area (Å²) in [4.78, 5) is 32.5. The number of para-hydroxylation sites is 1. The SMILES string of the molecule is CC.O=C(NC1CCOC1)c1ccc(=O)[nH]n1.O=CNCc1ccc(Nc2ccccc2C(F)(F)F)cc1. The minimum atomic E-state index is -4.41. The first-order valence-corrected chi connectivity index (χ1v) is 11.9. The van der Waals surface area contributed by atoms with Crippen LogP contribution in [0.5, 0.6) is 0 Å². The summed E-state index contributed by atoms with van der Waals surface area (Å²) in [7, 11) is 0. The van der Waals surface area contributed by atoms with Gasteiger partial charge in [0.25, 0.3) is 11.5 Å². The highest BCUT2D eigenvalue weighted by molar-refractivity contribution is 5.92. The summed E-state index contributed by atoms with van der Waals surface area (Å²) >= 11 is 0. The van der Waals surface area contributed by atoms with Crippen molar-refractivity contribution in [1.82, 2.24) is 20.8 Å². The van der Waals surface area contributed by atoms with E-state index in [-0.39, 0.29) is 28.9 Å². The van der Waals surface area contributed by atoms with Crippen LogP contribution < -0.4 is 21.5 Å². The third kappa shape index (κ3) is 9.69. The quantitative estimate of drug-likeness (QED) is 0.340. The van der Waals surface area contributed by atoms with Gasteiger partial charge in [-0.25, -0.2) is 5.10 Å². The Labute approximate surface area is 217 Å². The predicted molar refractivity (Wildman–Crippen MR) is 137 cm³/mol. The van der Waals surface area contributed by atoms with Crippen molar-refractivity contribution in [3.63, 3.8) is 0 Å². The fourth-order valence-electron chi connectivity index (χ4n) is 3.24. The summed E-state index contributed by atoms with van der Waals surface area (Å²) in [5.74, 6) is -0.290. The second-order valence-corrected chi connectivity index (χ2v) is 7.70. The number of nitrogens with zero attached hydrogens (tertiary/aromatic N) is 1. The molecule has 0 radical (unpaired) electrons. The van der Waals surface area contributed by atoms with Gasteiger partial charge in [0.1, 0.15) is 5.69 Å². The van der Waals surface area contributed by atoms with E-state index in [2.05, 4.69) is 26.1 Å². The van der Waals surface area contributed by atoms with Crippen molar-refractivity contribution < 1.29 is 27.5 Å². The van der Waals surface area contributed by atoms with Crippen LogP contribution in [0.4, 0.5) is 24.5 Å². The van der Waals surface area contributed by atoms with Crippen molar-refractivity contribution in [3.8, 4) is 0 Å². The maximum Gasteiger partial charge on any atom is 0.418 e. The van der Waals surface area contributed by atoms with Gasteiger partial charge in [-0.3, -0.25) is 14.4 Å². The van der Waals surface area contributed by atoms with E-state index in [0.29, 0.717) is 31.9 Å². The van der Waals surface area contributed by atoms with Crippen LogP contribution in [0, 0.1) is 0 Å². The van der Waals surface area contributed by atoms with E-state index in [1.807, 2.05) is 13.8 Å². The Bertz CT molecular complexity index is 1190. The molecule has 0 aliphatic carbocycles. The molecule has 2 aromatic carbocycles. The summed E-state index contributed by atoms with van der Waals surface area (Å²) in [6.07, 6.45) is -3.00. The maximum atomic E-state index is 12.9. The largest absolute Gasteiger partial charge is 0.418 e. The van der Waals surface area contributed by atoms with Crippen LogP contribution in [0.1, 0.15) is 41.9 Å². The van der Waals surface area contributed by atoms with E-state index in [0.717, 1.165) is 18.1 Å². The van der Waals surface area contributed by atoms with E-state index in [9.17, 15) is 27.6 Å². The molecular weight excluding hydrogens is 503 g/mol. The molecular formula is C26H30F3N5O4. The van der Waals surface area contributed by atoms with Crippen molar-refractivity contribution in [3.05, 3.63) is 87.8 Å². The number of amides is 2. The third-order valence-electron chi connectivity index (χ3n) is 5.03. The summed E-state index contributed by atoms with van der Waals surface area (Å²) in [6.45, 7) is 5.59. The normalized spacial score (nSPS) is 14.2. The molecule has 3 aromatic rings. The highest BCUT2D eigenvalue weighted by atomic mass is 19.4. The van der Waals surface area contributed by atoms with Crippen LogP contribution in [0.25, 0.3) is 0 Å². The molecule has 1 aliphatic rings. The molecule has 0 bridgehead atoms. The Morgan fingerprint density at radius 1 is 1.11 bits per heavy atom. The van der Waals surface area contributed by atoms with E-state index in [1.54, 1.807) is 30.3 Å². The molecule has 12 heteroatoms. The van der Waals surface area contributed by atoms with Gasteiger partial charge in [0, 0.05) is 24.9 Å². The van der Waals surface area contributed by atoms with Crippen molar-refractivity contribution in [2.75, 3.05) is 18.5 Å². The van der Waals surface area contributed by atoms with Crippen LogP contribution in [0.3, 0.4) is 0 Å². The number of alkyl halides is 3. The van der Waals surface area contributed by atoms with Crippen LogP contribution in [-0.2, 0) is 22.3 Å². The molecule has 2 amide bonds. The zero-order valence-corrected chi connectivity index (χ0v) is 21.0. The van der Waals surface area contributed by atoms with E-state index in [4.69, 9.17) is 4.74 Å². The van der Waals surface area contributed by atoms with Gasteiger partial charge < -0.3 is 20.7 Å². The maximum absolute atomic E-state index is 12.9. The van der Waals surface area contributed by atoms with E-state index in [1.165, 1.54) is 24.3 Å². The molecule has 0 saturated carbocycles. The number of aromatic nitrogens is 2. The number of aromatic amines is 1. The fraction of sp³-hybridized carbons (Fsp3) is 0.308. The lowest BCUT2D eigenvalue weighted by Gasteiger charge is -2.14. The first-order chi connectivity index (χ1) is 18.3. The number of halogens is 3. The lowest BCUT2D eigenvalue weighted by Crippen LogP contribution is -2.35. The van der Waals surface area contributed by atoms with Crippen LogP contribution in [-0.4, -0.2) is 41.8 Å². The highest BCUT2D eigenvalue weighted by Gasteiger charge is 2.33. The first kappa shape index (κ1) is 30.0. The predicted octanol–water partition coefficient (Wildman–Crippen LogP) is 4.01. The Hall–Kier alpha value is -4.19. The summed E-state index contributed by atoms with van der Waals surface area (Å²) in [5.41, 5.74) is 0.580. The molecule has 1 atom stereocenters. The molecule has 1 saturated heterocycles. The second-order valence-electron chi connectivity index (χ2n) is 7.70. The molecule has 204 valence electrons. The lowest BCUT2D eigenvalue weighted by molar-refractivity contribution is -0.136.